The third-order valence-corrected chi connectivity index (χ3v) is 5.80. The second kappa shape index (κ2) is 9.31. The molecule has 2 aliphatic rings. The standard InChI is InChI=1S/C22H27N3O3S/c1-14(2)10-11-23-18(26)12-17-13-29-22-24-15(3)19(21(27)28-4)20(25(17)22)16-8-6-5-7-9-16/h5-9,13-14,20H,10-12H2,1-4H3,(H,23,26)/t20-/m0/s1. The zero-order valence-corrected chi connectivity index (χ0v) is 18.1. The second-order valence-electron chi connectivity index (χ2n) is 7.50. The highest BCUT2D eigenvalue weighted by molar-refractivity contribution is 8.16. The van der Waals surface area contributed by atoms with E-state index in [1.54, 1.807) is 0 Å². The Morgan fingerprint density at radius 3 is 2.66 bits per heavy atom. The molecule has 0 bridgehead atoms. The molecule has 0 fully saturated rings. The van der Waals surface area contributed by atoms with Crippen molar-refractivity contribution in [2.45, 2.75) is 39.7 Å². The van der Waals surface area contributed by atoms with Gasteiger partial charge in [0.05, 0.1) is 30.8 Å². The predicted molar refractivity (Wildman–Crippen MR) is 116 cm³/mol. The molecular weight excluding hydrogens is 386 g/mol. The van der Waals surface area contributed by atoms with Crippen molar-refractivity contribution >= 4 is 28.8 Å². The summed E-state index contributed by atoms with van der Waals surface area (Å²) in [6.07, 6.45) is 1.18. The second-order valence-corrected chi connectivity index (χ2v) is 8.34. The first-order chi connectivity index (χ1) is 13.9. The lowest BCUT2D eigenvalue weighted by Crippen LogP contribution is -2.38. The van der Waals surface area contributed by atoms with E-state index in [0.29, 0.717) is 23.7 Å². The normalized spacial score (nSPS) is 18.4. The van der Waals surface area contributed by atoms with E-state index in [0.717, 1.165) is 22.8 Å². The first-order valence-corrected chi connectivity index (χ1v) is 10.6. The van der Waals surface area contributed by atoms with Crippen molar-refractivity contribution in [3.8, 4) is 0 Å². The van der Waals surface area contributed by atoms with Gasteiger partial charge in [-0.15, -0.1) is 0 Å². The van der Waals surface area contributed by atoms with Gasteiger partial charge in [-0.25, -0.2) is 9.79 Å². The van der Waals surface area contributed by atoms with Crippen LogP contribution in [0.25, 0.3) is 0 Å². The van der Waals surface area contributed by atoms with E-state index in [2.05, 4.69) is 24.2 Å². The molecule has 0 aromatic heterocycles. The van der Waals surface area contributed by atoms with Gasteiger partial charge in [-0.3, -0.25) is 4.79 Å². The molecule has 2 heterocycles. The number of carbonyl (C=O) groups excluding carboxylic acids is 2. The Bertz CT molecular complexity index is 875. The smallest absolute Gasteiger partial charge is 0.338 e. The lowest BCUT2D eigenvalue weighted by atomic mass is 9.94. The van der Waals surface area contributed by atoms with Gasteiger partial charge in [-0.1, -0.05) is 55.9 Å². The molecular formula is C22H27N3O3S. The molecule has 0 radical (unpaired) electrons. The van der Waals surface area contributed by atoms with Crippen LogP contribution in [0.4, 0.5) is 0 Å². The SMILES string of the molecule is COC(=O)C1=C(C)N=C2SC=C(CC(=O)NCCC(C)C)N2[C@H]1c1ccccc1. The number of hydrogen-bond acceptors (Lipinski definition) is 6. The number of benzene rings is 1. The van der Waals surface area contributed by atoms with Crippen molar-refractivity contribution < 1.29 is 14.3 Å². The summed E-state index contributed by atoms with van der Waals surface area (Å²) in [6, 6.07) is 9.40. The first kappa shape index (κ1) is 21.2. The molecule has 0 unspecified atom stereocenters. The molecule has 1 atom stereocenters. The maximum atomic E-state index is 12.6. The van der Waals surface area contributed by atoms with Gasteiger partial charge >= 0.3 is 5.97 Å². The van der Waals surface area contributed by atoms with Gasteiger partial charge in [0.2, 0.25) is 5.91 Å². The predicted octanol–water partition coefficient (Wildman–Crippen LogP) is 3.99. The summed E-state index contributed by atoms with van der Waals surface area (Å²) in [4.78, 5) is 31.7. The molecule has 29 heavy (non-hydrogen) atoms. The number of rotatable bonds is 7. The van der Waals surface area contributed by atoms with E-state index in [9.17, 15) is 9.59 Å². The molecule has 1 aromatic carbocycles. The van der Waals surface area contributed by atoms with Crippen molar-refractivity contribution in [1.29, 1.82) is 0 Å². The molecule has 7 heteroatoms. The minimum atomic E-state index is -0.406. The lowest BCUT2D eigenvalue weighted by molar-refractivity contribution is -0.136. The Balaban J connectivity index is 1.88. The zero-order valence-electron chi connectivity index (χ0n) is 17.3. The zero-order chi connectivity index (χ0) is 21.0. The van der Waals surface area contributed by atoms with Gasteiger partial charge in [-0.2, -0.15) is 0 Å². The Morgan fingerprint density at radius 2 is 2.00 bits per heavy atom. The molecule has 1 N–H and O–H groups in total. The number of methoxy groups -OCH3 is 1. The molecule has 1 amide bonds. The van der Waals surface area contributed by atoms with Gasteiger partial charge in [0.15, 0.2) is 5.17 Å². The van der Waals surface area contributed by atoms with Crippen LogP contribution in [0.15, 0.2) is 57.7 Å². The summed E-state index contributed by atoms with van der Waals surface area (Å²) in [5, 5.41) is 5.71. The Labute approximate surface area is 176 Å². The minimum absolute atomic E-state index is 0.0311. The highest BCUT2D eigenvalue weighted by atomic mass is 32.2. The van der Waals surface area contributed by atoms with E-state index in [-0.39, 0.29) is 18.4 Å². The lowest BCUT2D eigenvalue weighted by Gasteiger charge is -2.36. The van der Waals surface area contributed by atoms with E-state index in [1.165, 1.54) is 18.9 Å². The monoisotopic (exact) mass is 413 g/mol. The highest BCUT2D eigenvalue weighted by Gasteiger charge is 2.40. The quantitative estimate of drug-likeness (QED) is 0.685. The number of ether oxygens (including phenoxy) is 1. The van der Waals surface area contributed by atoms with Crippen LogP contribution in [0.1, 0.15) is 45.2 Å². The van der Waals surface area contributed by atoms with Crippen LogP contribution in [0.5, 0.6) is 0 Å². The molecule has 0 spiro atoms. The molecule has 2 aliphatic heterocycles. The summed E-state index contributed by atoms with van der Waals surface area (Å²) in [7, 11) is 1.38. The van der Waals surface area contributed by atoms with E-state index >= 15 is 0 Å². The van der Waals surface area contributed by atoms with Crippen molar-refractivity contribution in [3.63, 3.8) is 0 Å². The molecule has 6 nitrogen and oxygen atoms in total. The molecule has 0 saturated carbocycles. The number of esters is 1. The van der Waals surface area contributed by atoms with Gasteiger partial charge in [0, 0.05) is 12.2 Å². The van der Waals surface area contributed by atoms with E-state index in [1.807, 2.05) is 47.6 Å². The molecule has 154 valence electrons. The van der Waals surface area contributed by atoms with Crippen LogP contribution < -0.4 is 5.32 Å². The van der Waals surface area contributed by atoms with E-state index in [4.69, 9.17) is 4.74 Å². The fourth-order valence-corrected chi connectivity index (χ4v) is 4.38. The van der Waals surface area contributed by atoms with Gasteiger partial charge < -0.3 is 15.0 Å². The third-order valence-electron chi connectivity index (χ3n) is 4.91. The molecule has 0 aliphatic carbocycles. The summed E-state index contributed by atoms with van der Waals surface area (Å²) < 4.78 is 5.05. The number of nitrogens with one attached hydrogen (secondary N) is 1. The fraction of sp³-hybridized carbons (Fsp3) is 0.409. The number of fused-ring (bicyclic) bond motifs is 1. The number of hydrogen-bond donors (Lipinski definition) is 1. The topological polar surface area (TPSA) is 71.0 Å². The Morgan fingerprint density at radius 1 is 1.28 bits per heavy atom. The number of amidine groups is 1. The number of carbonyl (C=O) groups is 2. The fourth-order valence-electron chi connectivity index (χ4n) is 3.42. The Kier molecular flexibility index (Phi) is 6.79. The maximum absolute atomic E-state index is 12.6. The number of aliphatic imine (C=N–C) groups is 1. The number of allylic oxidation sites excluding steroid dienone is 1. The van der Waals surface area contributed by atoms with Crippen LogP contribution in [0, 0.1) is 5.92 Å². The van der Waals surface area contributed by atoms with Crippen molar-refractivity contribution in [3.05, 3.63) is 58.3 Å². The number of nitrogens with zero attached hydrogens (tertiary/aromatic N) is 2. The maximum Gasteiger partial charge on any atom is 0.338 e. The summed E-state index contributed by atoms with van der Waals surface area (Å²) in [5.41, 5.74) is 2.92. The van der Waals surface area contributed by atoms with E-state index < -0.39 is 5.97 Å². The number of thioether (sulfide) groups is 1. The average molecular weight is 414 g/mol. The van der Waals surface area contributed by atoms with Crippen LogP contribution in [-0.2, 0) is 14.3 Å². The van der Waals surface area contributed by atoms with Crippen LogP contribution in [-0.4, -0.2) is 35.6 Å². The van der Waals surface area contributed by atoms with Crippen molar-refractivity contribution in [2.75, 3.05) is 13.7 Å². The van der Waals surface area contributed by atoms with Gasteiger partial charge in [-0.05, 0) is 30.2 Å². The first-order valence-electron chi connectivity index (χ1n) is 9.76. The van der Waals surface area contributed by atoms with Gasteiger partial charge in [0.1, 0.15) is 0 Å². The molecule has 0 saturated heterocycles. The highest BCUT2D eigenvalue weighted by Crippen LogP contribution is 2.44. The van der Waals surface area contributed by atoms with Crippen molar-refractivity contribution in [2.24, 2.45) is 10.9 Å². The minimum Gasteiger partial charge on any atom is -0.466 e. The third kappa shape index (κ3) is 4.72. The van der Waals surface area contributed by atoms with Crippen molar-refractivity contribution in [1.82, 2.24) is 10.2 Å². The summed E-state index contributed by atoms with van der Waals surface area (Å²) in [5.74, 6) is 0.101. The van der Waals surface area contributed by atoms with Crippen LogP contribution >= 0.6 is 11.8 Å². The van der Waals surface area contributed by atoms with Gasteiger partial charge in [0.25, 0.3) is 0 Å². The molecule has 1 aromatic rings. The largest absolute Gasteiger partial charge is 0.466 e. The molecule has 3 rings (SSSR count). The Hall–Kier alpha value is -2.54. The van der Waals surface area contributed by atoms with Crippen LogP contribution in [0.3, 0.4) is 0 Å². The summed E-state index contributed by atoms with van der Waals surface area (Å²) >= 11 is 1.48. The number of amides is 1. The summed E-state index contributed by atoms with van der Waals surface area (Å²) in [6.45, 7) is 6.74. The van der Waals surface area contributed by atoms with Crippen LogP contribution in [0.2, 0.25) is 0 Å². The average Bonchev–Trinajstić information content (AvgIpc) is 3.08.